The Hall–Kier alpha value is -3.73. The predicted octanol–water partition coefficient (Wildman–Crippen LogP) is 2.26. The number of hydrogen-bond acceptors (Lipinski definition) is 6. The van der Waals surface area contributed by atoms with Gasteiger partial charge in [-0.1, -0.05) is 42.0 Å². The Morgan fingerprint density at radius 1 is 0.949 bits per heavy atom. The van der Waals surface area contributed by atoms with E-state index in [4.69, 9.17) is 14.9 Å². The van der Waals surface area contributed by atoms with E-state index in [0.29, 0.717) is 18.4 Å². The summed E-state index contributed by atoms with van der Waals surface area (Å²) >= 11 is 0. The first kappa shape index (κ1) is 31.5. The Morgan fingerprint density at radius 3 is 2.13 bits per heavy atom. The number of benzene rings is 2. The Labute approximate surface area is 226 Å². The first-order valence-electron chi connectivity index (χ1n) is 12.3. The number of aryl methyl sites for hydroxylation is 2. The maximum Gasteiger partial charge on any atom is 0.524 e. The molecule has 0 aliphatic carbocycles. The van der Waals surface area contributed by atoms with Crippen molar-refractivity contribution in [2.75, 3.05) is 6.54 Å². The Balaban J connectivity index is 2.11. The minimum Gasteiger partial charge on any atom is -0.481 e. The molecule has 2 rings (SSSR count). The van der Waals surface area contributed by atoms with Gasteiger partial charge in [0.1, 0.15) is 11.8 Å². The lowest BCUT2D eigenvalue weighted by Crippen LogP contribution is -2.55. The topological polar surface area (TPSA) is 183 Å². The number of carbonyl (C=O) groups is 4. The molecule has 0 aliphatic heterocycles. The van der Waals surface area contributed by atoms with E-state index in [9.17, 15) is 23.7 Å². The van der Waals surface area contributed by atoms with E-state index in [1.165, 1.54) is 31.2 Å². The molecule has 0 aromatic heterocycles. The van der Waals surface area contributed by atoms with E-state index in [1.807, 2.05) is 31.2 Å². The largest absolute Gasteiger partial charge is 0.524 e. The summed E-state index contributed by atoms with van der Waals surface area (Å²) in [5.41, 5.74) is 5.31. The molecule has 0 bridgehead atoms. The van der Waals surface area contributed by atoms with Gasteiger partial charge in [0, 0.05) is 32.7 Å². The van der Waals surface area contributed by atoms with Crippen LogP contribution < -0.4 is 15.3 Å². The highest BCUT2D eigenvalue weighted by atomic mass is 31.2. The highest BCUT2D eigenvalue weighted by Gasteiger charge is 2.24. The number of phosphoric acid groups is 1. The third-order valence-corrected chi connectivity index (χ3v) is 6.03. The number of nitrogens with one attached hydrogen (secondary N) is 2. The number of nitrogens with zero attached hydrogens (tertiary/aromatic N) is 1. The molecule has 0 saturated carbocycles. The van der Waals surface area contributed by atoms with Crippen LogP contribution in [0.5, 0.6) is 5.75 Å². The highest BCUT2D eigenvalue weighted by molar-refractivity contribution is 7.46. The zero-order chi connectivity index (χ0) is 29.0. The number of phosphoric ester groups is 1. The number of hydrogen-bond donors (Lipinski definition) is 5. The van der Waals surface area contributed by atoms with Gasteiger partial charge in [0.25, 0.3) is 5.91 Å². The van der Waals surface area contributed by atoms with Crippen molar-refractivity contribution in [1.29, 1.82) is 0 Å². The number of carbonyl (C=O) groups excluding carboxylic acids is 3. The predicted molar refractivity (Wildman–Crippen MR) is 141 cm³/mol. The second-order valence-corrected chi connectivity index (χ2v) is 10.2. The molecule has 0 fully saturated rings. The standard InChI is InChI=1S/C26H34N3O9P/c1-18-8-10-20(11-9-18)5-4-16-29(24(31)6-3-7-25(32)33)28-26(34)23(27-19(2)30)17-21-12-14-22(15-13-21)38-39(35,36)37/h8-15,23H,3-7,16-17H2,1-2H3,(H,27,30)(H,28,34)(H,32,33)(H2,35,36,37). The summed E-state index contributed by atoms with van der Waals surface area (Å²) in [5.74, 6) is -2.67. The number of carboxylic acid groups (broad SMARTS) is 1. The SMILES string of the molecule is CC(=O)NC(Cc1ccc(OP(=O)(O)O)cc1)C(=O)NN(CCCc1ccc(C)cc1)C(=O)CCCC(=O)O. The van der Waals surface area contributed by atoms with Gasteiger partial charge in [0.05, 0.1) is 0 Å². The molecule has 2 aromatic rings. The summed E-state index contributed by atoms with van der Waals surface area (Å²) in [6.45, 7) is 3.40. The minimum absolute atomic E-state index is 0.0199. The smallest absolute Gasteiger partial charge is 0.481 e. The van der Waals surface area contributed by atoms with Crippen molar-refractivity contribution in [3.8, 4) is 5.75 Å². The van der Waals surface area contributed by atoms with Crippen molar-refractivity contribution in [2.45, 2.75) is 58.4 Å². The lowest BCUT2D eigenvalue weighted by Gasteiger charge is -2.26. The van der Waals surface area contributed by atoms with Crippen molar-refractivity contribution in [3.63, 3.8) is 0 Å². The fourth-order valence-corrected chi connectivity index (χ4v) is 4.09. The summed E-state index contributed by atoms with van der Waals surface area (Å²) in [4.78, 5) is 66.5. The van der Waals surface area contributed by atoms with E-state index in [0.717, 1.165) is 16.1 Å². The van der Waals surface area contributed by atoms with Crippen LogP contribution in [0.15, 0.2) is 48.5 Å². The molecule has 1 unspecified atom stereocenters. The van der Waals surface area contributed by atoms with Crippen molar-refractivity contribution >= 4 is 31.5 Å². The molecule has 2 aromatic carbocycles. The summed E-state index contributed by atoms with van der Waals surface area (Å²) in [6, 6.07) is 12.5. The van der Waals surface area contributed by atoms with Gasteiger partial charge in [0.15, 0.2) is 0 Å². The molecule has 0 heterocycles. The number of amides is 3. The van der Waals surface area contributed by atoms with Crippen LogP contribution in [0.3, 0.4) is 0 Å². The van der Waals surface area contributed by atoms with Crippen molar-refractivity contribution in [1.82, 2.24) is 15.8 Å². The van der Waals surface area contributed by atoms with Crippen LogP contribution in [-0.4, -0.2) is 56.2 Å². The van der Waals surface area contributed by atoms with E-state index in [1.54, 1.807) is 0 Å². The van der Waals surface area contributed by atoms with Crippen LogP contribution in [0.25, 0.3) is 0 Å². The fraction of sp³-hybridized carbons (Fsp3) is 0.385. The number of hydrazine groups is 1. The fourth-order valence-electron chi connectivity index (χ4n) is 3.69. The molecule has 0 saturated heterocycles. The molecule has 212 valence electrons. The Kier molecular flexibility index (Phi) is 12.1. The maximum absolute atomic E-state index is 13.2. The normalized spacial score (nSPS) is 11.8. The van der Waals surface area contributed by atoms with E-state index >= 15 is 0 Å². The Morgan fingerprint density at radius 2 is 1.56 bits per heavy atom. The molecule has 0 spiro atoms. The molecule has 0 aliphatic rings. The molecule has 12 nitrogen and oxygen atoms in total. The van der Waals surface area contributed by atoms with Crippen LogP contribution in [0.4, 0.5) is 0 Å². The molecule has 0 radical (unpaired) electrons. The van der Waals surface area contributed by atoms with Gasteiger partial charge in [-0.25, -0.2) is 4.57 Å². The zero-order valence-electron chi connectivity index (χ0n) is 21.8. The molecule has 13 heteroatoms. The first-order valence-corrected chi connectivity index (χ1v) is 13.8. The quantitative estimate of drug-likeness (QED) is 0.170. The van der Waals surface area contributed by atoms with Gasteiger partial charge in [-0.15, -0.1) is 0 Å². The van der Waals surface area contributed by atoms with Crippen LogP contribution in [0.2, 0.25) is 0 Å². The second-order valence-electron chi connectivity index (χ2n) is 9.04. The van der Waals surface area contributed by atoms with Gasteiger partial charge >= 0.3 is 13.8 Å². The number of aliphatic carboxylic acids is 1. The monoisotopic (exact) mass is 563 g/mol. The average Bonchev–Trinajstić information content (AvgIpc) is 2.83. The van der Waals surface area contributed by atoms with Crippen LogP contribution >= 0.6 is 7.82 Å². The summed E-state index contributed by atoms with van der Waals surface area (Å²) in [5, 5.41) is 12.6. The number of rotatable bonds is 14. The lowest BCUT2D eigenvalue weighted by molar-refractivity contribution is -0.143. The number of carboxylic acids is 1. The minimum atomic E-state index is -4.73. The third-order valence-electron chi connectivity index (χ3n) is 5.58. The summed E-state index contributed by atoms with van der Waals surface area (Å²) < 4.78 is 15.5. The molecule has 5 N–H and O–H groups in total. The van der Waals surface area contributed by atoms with Crippen molar-refractivity contribution < 1.29 is 43.2 Å². The van der Waals surface area contributed by atoms with Crippen LogP contribution in [-0.2, 0) is 36.6 Å². The zero-order valence-corrected chi connectivity index (χ0v) is 22.7. The highest BCUT2D eigenvalue weighted by Crippen LogP contribution is 2.37. The van der Waals surface area contributed by atoms with E-state index in [2.05, 4.69) is 15.3 Å². The average molecular weight is 564 g/mol. The lowest BCUT2D eigenvalue weighted by atomic mass is 10.1. The van der Waals surface area contributed by atoms with Gasteiger partial charge in [0.2, 0.25) is 11.8 Å². The molecular weight excluding hydrogens is 529 g/mol. The summed E-state index contributed by atoms with van der Waals surface area (Å²) in [7, 11) is -4.73. The van der Waals surface area contributed by atoms with E-state index < -0.39 is 37.6 Å². The van der Waals surface area contributed by atoms with Crippen LogP contribution in [0.1, 0.15) is 49.3 Å². The molecule has 39 heavy (non-hydrogen) atoms. The van der Waals surface area contributed by atoms with Gasteiger partial charge in [-0.3, -0.25) is 39.4 Å². The van der Waals surface area contributed by atoms with Crippen molar-refractivity contribution in [3.05, 3.63) is 65.2 Å². The van der Waals surface area contributed by atoms with E-state index in [-0.39, 0.29) is 38.0 Å². The Bertz CT molecular complexity index is 1180. The molecule has 3 amide bonds. The summed E-state index contributed by atoms with van der Waals surface area (Å²) in [6.07, 6.45) is 1.03. The van der Waals surface area contributed by atoms with Gasteiger partial charge in [-0.2, -0.15) is 0 Å². The van der Waals surface area contributed by atoms with Crippen molar-refractivity contribution in [2.24, 2.45) is 0 Å². The van der Waals surface area contributed by atoms with Gasteiger partial charge in [-0.05, 0) is 49.4 Å². The van der Waals surface area contributed by atoms with Crippen LogP contribution in [0, 0.1) is 6.92 Å². The molecular formula is C26H34N3O9P. The van der Waals surface area contributed by atoms with Gasteiger partial charge < -0.3 is 14.9 Å². The molecule has 1 atom stereocenters. The first-order chi connectivity index (χ1) is 18.3. The maximum atomic E-state index is 13.2. The second kappa shape index (κ2) is 15.0. The third kappa shape index (κ3) is 12.6.